The van der Waals surface area contributed by atoms with Gasteiger partial charge in [-0.05, 0) is 18.9 Å². The molecule has 0 radical (unpaired) electrons. The van der Waals surface area contributed by atoms with Crippen molar-refractivity contribution >= 4 is 33.5 Å². The molecule has 4 nitrogen and oxygen atoms in total. The molecule has 1 aliphatic carbocycles. The molecular formula is C18H20ClN3O. The SMILES string of the molecule is OC1(Cn2c(CCl)nc3cnc4ccccc4c32)CCCCC1. The highest BCUT2D eigenvalue weighted by molar-refractivity contribution is 6.17. The molecule has 120 valence electrons. The molecule has 1 fully saturated rings. The van der Waals surface area contributed by atoms with Gasteiger partial charge in [-0.3, -0.25) is 4.98 Å². The van der Waals surface area contributed by atoms with Crippen molar-refractivity contribution in [3.05, 3.63) is 36.3 Å². The van der Waals surface area contributed by atoms with Gasteiger partial charge in [-0.25, -0.2) is 4.98 Å². The minimum absolute atomic E-state index is 0.332. The zero-order valence-electron chi connectivity index (χ0n) is 13.0. The summed E-state index contributed by atoms with van der Waals surface area (Å²) in [6, 6.07) is 8.06. The summed E-state index contributed by atoms with van der Waals surface area (Å²) in [7, 11) is 0. The van der Waals surface area contributed by atoms with E-state index in [1.165, 1.54) is 6.42 Å². The fourth-order valence-corrected chi connectivity index (χ4v) is 3.95. The van der Waals surface area contributed by atoms with Crippen molar-refractivity contribution in [1.29, 1.82) is 0 Å². The first kappa shape index (κ1) is 14.9. The Labute approximate surface area is 140 Å². The number of alkyl halides is 1. The van der Waals surface area contributed by atoms with Gasteiger partial charge < -0.3 is 9.67 Å². The standard InChI is InChI=1S/C18H20ClN3O/c19-10-16-21-15-11-20-14-7-3-2-6-13(14)17(15)22(16)12-18(23)8-4-1-5-9-18/h2-3,6-7,11,23H,1,4-5,8-10,12H2. The second-order valence-electron chi connectivity index (χ2n) is 6.54. The lowest BCUT2D eigenvalue weighted by atomic mass is 9.85. The number of hydrogen-bond donors (Lipinski definition) is 1. The van der Waals surface area contributed by atoms with E-state index >= 15 is 0 Å². The summed E-state index contributed by atoms with van der Waals surface area (Å²) in [5.41, 5.74) is 2.17. The van der Waals surface area contributed by atoms with Gasteiger partial charge in [0.15, 0.2) is 0 Å². The maximum absolute atomic E-state index is 11.0. The summed E-state index contributed by atoms with van der Waals surface area (Å²) in [5, 5.41) is 12.1. The molecule has 0 atom stereocenters. The third kappa shape index (κ3) is 2.60. The van der Waals surface area contributed by atoms with E-state index in [-0.39, 0.29) is 0 Å². The molecule has 2 heterocycles. The topological polar surface area (TPSA) is 50.9 Å². The first-order valence-corrected chi connectivity index (χ1v) is 8.75. The van der Waals surface area contributed by atoms with E-state index in [0.717, 1.165) is 53.4 Å². The van der Waals surface area contributed by atoms with Crippen molar-refractivity contribution in [3.63, 3.8) is 0 Å². The molecule has 1 aromatic carbocycles. The lowest BCUT2D eigenvalue weighted by Gasteiger charge is -2.33. The molecule has 0 spiro atoms. The summed E-state index contributed by atoms with van der Waals surface area (Å²) >= 11 is 6.13. The van der Waals surface area contributed by atoms with Gasteiger partial charge in [-0.15, -0.1) is 11.6 Å². The van der Waals surface area contributed by atoms with Gasteiger partial charge in [0.2, 0.25) is 0 Å². The Balaban J connectivity index is 1.91. The molecule has 0 aliphatic heterocycles. The number of para-hydroxylation sites is 1. The number of imidazole rings is 1. The lowest BCUT2D eigenvalue weighted by molar-refractivity contribution is -0.0110. The first-order valence-electron chi connectivity index (χ1n) is 8.21. The van der Waals surface area contributed by atoms with Gasteiger partial charge in [0.25, 0.3) is 0 Å². The number of aromatic nitrogens is 3. The van der Waals surface area contributed by atoms with E-state index in [9.17, 15) is 5.11 Å². The Kier molecular flexibility index (Phi) is 3.74. The van der Waals surface area contributed by atoms with Gasteiger partial charge >= 0.3 is 0 Å². The third-order valence-electron chi connectivity index (χ3n) is 4.91. The minimum atomic E-state index is -0.656. The number of halogens is 1. The van der Waals surface area contributed by atoms with Crippen LogP contribution in [0.25, 0.3) is 21.9 Å². The summed E-state index contributed by atoms with van der Waals surface area (Å²) in [6.07, 6.45) is 6.87. The summed E-state index contributed by atoms with van der Waals surface area (Å²) in [4.78, 5) is 9.12. The van der Waals surface area contributed by atoms with Crippen LogP contribution < -0.4 is 0 Å². The largest absolute Gasteiger partial charge is 0.388 e. The first-order chi connectivity index (χ1) is 11.2. The second kappa shape index (κ2) is 5.77. The number of benzene rings is 1. The van der Waals surface area contributed by atoms with Crippen LogP contribution in [0.1, 0.15) is 37.9 Å². The second-order valence-corrected chi connectivity index (χ2v) is 6.81. The molecule has 5 heteroatoms. The molecular weight excluding hydrogens is 310 g/mol. The molecule has 1 aliphatic rings. The van der Waals surface area contributed by atoms with Crippen LogP contribution in [0.15, 0.2) is 30.5 Å². The van der Waals surface area contributed by atoms with Crippen LogP contribution >= 0.6 is 11.6 Å². The number of pyridine rings is 1. The zero-order valence-corrected chi connectivity index (χ0v) is 13.8. The molecule has 1 N–H and O–H groups in total. The van der Waals surface area contributed by atoms with Crippen molar-refractivity contribution in [2.75, 3.05) is 0 Å². The van der Waals surface area contributed by atoms with E-state index < -0.39 is 5.60 Å². The van der Waals surface area contributed by atoms with Crippen molar-refractivity contribution in [3.8, 4) is 0 Å². The molecule has 0 unspecified atom stereocenters. The lowest BCUT2D eigenvalue weighted by Crippen LogP contribution is -2.36. The molecule has 3 aromatic rings. The number of fused-ring (bicyclic) bond motifs is 3. The van der Waals surface area contributed by atoms with Crippen LogP contribution in [0.3, 0.4) is 0 Å². The smallest absolute Gasteiger partial charge is 0.125 e. The normalized spacial score (nSPS) is 17.8. The minimum Gasteiger partial charge on any atom is -0.388 e. The fraction of sp³-hybridized carbons (Fsp3) is 0.444. The van der Waals surface area contributed by atoms with Gasteiger partial charge in [0.05, 0.1) is 35.3 Å². The average Bonchev–Trinajstić information content (AvgIpc) is 2.93. The zero-order chi connectivity index (χ0) is 15.9. The molecule has 2 aromatic heterocycles. The third-order valence-corrected chi connectivity index (χ3v) is 5.15. The van der Waals surface area contributed by atoms with Crippen molar-refractivity contribution < 1.29 is 5.11 Å². The van der Waals surface area contributed by atoms with Crippen LogP contribution in [-0.4, -0.2) is 25.2 Å². The van der Waals surface area contributed by atoms with E-state index in [1.807, 2.05) is 18.2 Å². The monoisotopic (exact) mass is 329 g/mol. The van der Waals surface area contributed by atoms with Gasteiger partial charge in [-0.1, -0.05) is 37.5 Å². The molecule has 0 saturated heterocycles. The Bertz CT molecular complexity index is 852. The van der Waals surface area contributed by atoms with Crippen LogP contribution in [0.5, 0.6) is 0 Å². The van der Waals surface area contributed by atoms with Gasteiger partial charge in [-0.2, -0.15) is 0 Å². The van der Waals surface area contributed by atoms with Crippen molar-refractivity contribution in [2.45, 2.75) is 50.1 Å². The molecule has 0 amide bonds. The van der Waals surface area contributed by atoms with Crippen LogP contribution in [0.2, 0.25) is 0 Å². The van der Waals surface area contributed by atoms with Gasteiger partial charge in [0.1, 0.15) is 11.3 Å². The fourth-order valence-electron chi connectivity index (χ4n) is 3.74. The van der Waals surface area contributed by atoms with Crippen LogP contribution in [0, 0.1) is 0 Å². The van der Waals surface area contributed by atoms with E-state index in [2.05, 4.69) is 20.6 Å². The maximum Gasteiger partial charge on any atom is 0.125 e. The van der Waals surface area contributed by atoms with Gasteiger partial charge in [0, 0.05) is 5.39 Å². The summed E-state index contributed by atoms with van der Waals surface area (Å²) in [6.45, 7) is 0.555. The predicted molar refractivity (Wildman–Crippen MR) is 92.6 cm³/mol. The summed E-state index contributed by atoms with van der Waals surface area (Å²) in [5.74, 6) is 1.14. The average molecular weight is 330 g/mol. The summed E-state index contributed by atoms with van der Waals surface area (Å²) < 4.78 is 2.11. The van der Waals surface area contributed by atoms with Crippen molar-refractivity contribution in [1.82, 2.24) is 14.5 Å². The highest BCUT2D eigenvalue weighted by Gasteiger charge is 2.31. The highest BCUT2D eigenvalue weighted by Crippen LogP contribution is 2.33. The molecule has 0 bridgehead atoms. The highest BCUT2D eigenvalue weighted by atomic mass is 35.5. The quantitative estimate of drug-likeness (QED) is 0.738. The molecule has 1 saturated carbocycles. The van der Waals surface area contributed by atoms with E-state index in [0.29, 0.717) is 12.4 Å². The van der Waals surface area contributed by atoms with E-state index in [1.54, 1.807) is 6.20 Å². The maximum atomic E-state index is 11.0. The molecule has 23 heavy (non-hydrogen) atoms. The number of hydrogen-bond acceptors (Lipinski definition) is 3. The van der Waals surface area contributed by atoms with Crippen LogP contribution in [0.4, 0.5) is 0 Å². The predicted octanol–water partition coefficient (Wildman–Crippen LogP) is 4.02. The Morgan fingerprint density at radius 1 is 1.13 bits per heavy atom. The number of aliphatic hydroxyl groups is 1. The van der Waals surface area contributed by atoms with Crippen molar-refractivity contribution in [2.24, 2.45) is 0 Å². The number of nitrogens with zero attached hydrogens (tertiary/aromatic N) is 3. The number of rotatable bonds is 3. The molecule has 4 rings (SSSR count). The Morgan fingerprint density at radius 3 is 2.70 bits per heavy atom. The van der Waals surface area contributed by atoms with E-state index in [4.69, 9.17) is 11.6 Å². The van der Waals surface area contributed by atoms with Crippen LogP contribution in [-0.2, 0) is 12.4 Å². The Morgan fingerprint density at radius 2 is 1.91 bits per heavy atom. The Hall–Kier alpha value is -1.65.